The van der Waals surface area contributed by atoms with Gasteiger partial charge in [0.15, 0.2) is 46.0 Å². The van der Waals surface area contributed by atoms with E-state index in [1.165, 1.54) is 199 Å². The second kappa shape index (κ2) is 48.3. The van der Waals surface area contributed by atoms with Gasteiger partial charge in [0.25, 0.3) is 0 Å². The van der Waals surface area contributed by atoms with Crippen LogP contribution in [0.2, 0.25) is 0 Å². The van der Waals surface area contributed by atoms with Crippen molar-refractivity contribution in [1.82, 2.24) is 35.6 Å². The van der Waals surface area contributed by atoms with Crippen LogP contribution in [0.25, 0.3) is 0 Å². The number of methoxy groups -OCH3 is 8. The molecule has 4 aromatic carbocycles. The predicted octanol–water partition coefficient (Wildman–Crippen LogP) is 18.5. The highest BCUT2D eigenvalue weighted by atomic mass is 16.5. The minimum absolute atomic E-state index is 0.468. The van der Waals surface area contributed by atoms with E-state index in [2.05, 4.69) is 146 Å². The number of rotatable bonds is 36. The van der Waals surface area contributed by atoms with Crippen LogP contribution >= 0.6 is 0 Å². The molecule has 7 saturated heterocycles. The molecule has 0 amide bonds. The first-order valence-corrected chi connectivity index (χ1v) is 48.7. The van der Waals surface area contributed by atoms with E-state index in [-0.39, 0.29) is 0 Å². The van der Waals surface area contributed by atoms with Crippen molar-refractivity contribution in [3.63, 3.8) is 0 Å². The largest absolute Gasteiger partial charge is 0.493 e. The van der Waals surface area contributed by atoms with Crippen LogP contribution in [0.1, 0.15) is 247 Å². The number of nitrogens with zero attached hydrogens (tertiary/aromatic N) is 4. The van der Waals surface area contributed by atoms with Gasteiger partial charge in [0, 0.05) is 129 Å². The van der Waals surface area contributed by atoms with Crippen molar-refractivity contribution in [2.45, 2.75) is 234 Å². The molecule has 14 atom stereocenters. The molecule has 0 saturated carbocycles. The van der Waals surface area contributed by atoms with Crippen LogP contribution < -0.4 is 53.8 Å². The molecular formula is C103H167N7O12. The maximum Gasteiger partial charge on any atom is 0.161 e. The van der Waals surface area contributed by atoms with E-state index in [1.807, 2.05) is 0 Å². The van der Waals surface area contributed by atoms with Crippen molar-refractivity contribution in [2.24, 2.45) is 82.9 Å². The molecule has 11 heterocycles. The highest BCUT2D eigenvalue weighted by Gasteiger charge is 2.45. The summed E-state index contributed by atoms with van der Waals surface area (Å²) in [5.74, 6) is 16.7. The molecule has 3 N–H and O–H groups in total. The molecule has 11 aliphatic rings. The van der Waals surface area contributed by atoms with Crippen LogP contribution in [0, 0.1) is 82.9 Å². The van der Waals surface area contributed by atoms with E-state index in [9.17, 15) is 0 Å². The third-order valence-corrected chi connectivity index (χ3v) is 29.8. The lowest BCUT2D eigenvalue weighted by atomic mass is 9.74. The maximum atomic E-state index is 6.35. The Morgan fingerprint density at radius 2 is 0.664 bits per heavy atom. The van der Waals surface area contributed by atoms with Crippen molar-refractivity contribution in [1.29, 1.82) is 0 Å². The highest BCUT2D eigenvalue weighted by Crippen LogP contribution is 2.51. The molecule has 0 aromatic heterocycles. The Hall–Kier alpha value is -5.16. The van der Waals surface area contributed by atoms with Gasteiger partial charge in [-0.25, -0.2) is 0 Å². The third kappa shape index (κ3) is 25.9. The molecule has 19 nitrogen and oxygen atoms in total. The van der Waals surface area contributed by atoms with E-state index in [0.717, 1.165) is 224 Å². The summed E-state index contributed by atoms with van der Waals surface area (Å²) in [5.41, 5.74) is 11.5. The second-order valence-electron chi connectivity index (χ2n) is 40.1. The number of nitrogens with one attached hydrogen (secondary N) is 3. The molecule has 0 radical (unpaired) electrons. The Bertz CT molecular complexity index is 3630. The Morgan fingerprint density at radius 3 is 0.984 bits per heavy atom. The standard InChI is InChI=1S/C27H44N2O3.C26H43NO3.2C25H40N2O3/c1-19(2)13-22-17-29-11-7-21-15-26(30-3)27(31-4)16-24(21)25(29)14-23(22)18-32-12-8-20-5-9-28-10-6-20;1-6-7-8-9-12-30-18-22-14-24-23-16-26(29-5)25(28-4)15-20(23)10-11-27(24)17-21(22)13-19(2)3;1-17(2)9-20-14-27-8-6-19-11-24(28-3)25(29-4)12-22(19)23(27)10-21(20)16-30-15-18-5-7-26-13-18;1-17(2)10-19-14-27-9-7-18-12-24(28-3)25(29-4)13-22(18)23(27)11-20(19)15-30-16-21-6-5-8-26-21/h15-16,19-20,22-23,25,28H,5-14,17-18H2,1-4H3;15-16,19,21-22,24H,6-14,17-18H2,1-5H3;11-12,17-18,20-21,23,26H,5-10,13-16H2,1-4H3;12-13,17,19-21,23,26H,5-11,14-16H2,1-4H3/t22-,23+,25-;;18-,20-,21+,23-;19-,20+,21+,23-/m1.11/s1. The van der Waals surface area contributed by atoms with Crippen molar-refractivity contribution >= 4 is 0 Å². The van der Waals surface area contributed by atoms with Crippen molar-refractivity contribution in [2.75, 3.05) is 195 Å². The van der Waals surface area contributed by atoms with Gasteiger partial charge in [-0.05, 0) is 324 Å². The lowest BCUT2D eigenvalue weighted by Gasteiger charge is -2.47. The minimum Gasteiger partial charge on any atom is -0.493 e. The van der Waals surface area contributed by atoms with Gasteiger partial charge < -0.3 is 72.8 Å². The average molecular weight is 1700 g/mol. The second-order valence-corrected chi connectivity index (χ2v) is 40.1. The Kier molecular flexibility index (Phi) is 38.0. The summed E-state index contributed by atoms with van der Waals surface area (Å²) >= 11 is 0. The van der Waals surface area contributed by atoms with Gasteiger partial charge in [0.05, 0.1) is 70.1 Å². The summed E-state index contributed by atoms with van der Waals surface area (Å²) in [6.45, 7) is 43.5. The number of unbranched alkanes of at least 4 members (excludes halogenated alkanes) is 3. The zero-order chi connectivity index (χ0) is 86.2. The van der Waals surface area contributed by atoms with Gasteiger partial charge in [-0.1, -0.05) is 81.6 Å². The van der Waals surface area contributed by atoms with Crippen molar-refractivity contribution < 1.29 is 56.8 Å². The predicted molar refractivity (Wildman–Crippen MR) is 494 cm³/mol. The normalized spacial score (nSPS) is 27.1. The molecule has 15 rings (SSSR count). The van der Waals surface area contributed by atoms with E-state index in [1.54, 1.807) is 56.9 Å². The van der Waals surface area contributed by atoms with E-state index < -0.39 is 0 Å². The fraction of sp³-hybridized carbons (Fsp3) is 0.767. The number of ether oxygens (including phenoxy) is 12. The molecule has 0 bridgehead atoms. The summed E-state index contributed by atoms with van der Waals surface area (Å²) in [7, 11) is 13.9. The van der Waals surface area contributed by atoms with Crippen LogP contribution in [0.3, 0.4) is 0 Å². The smallest absolute Gasteiger partial charge is 0.161 e. The van der Waals surface area contributed by atoms with Gasteiger partial charge in [0.2, 0.25) is 0 Å². The molecule has 4 aromatic rings. The molecule has 0 aliphatic carbocycles. The number of benzene rings is 4. The fourth-order valence-corrected chi connectivity index (χ4v) is 23.3. The van der Waals surface area contributed by atoms with E-state index in [4.69, 9.17) is 56.8 Å². The van der Waals surface area contributed by atoms with E-state index in [0.29, 0.717) is 59.8 Å². The topological polar surface area (TPSA) is 160 Å². The summed E-state index contributed by atoms with van der Waals surface area (Å²) < 4.78 is 70.0. The Morgan fingerprint density at radius 1 is 0.336 bits per heavy atom. The first-order chi connectivity index (χ1) is 59.3. The summed E-state index contributed by atoms with van der Waals surface area (Å²) in [6, 6.07) is 20.2. The van der Waals surface area contributed by atoms with Crippen LogP contribution in [0.15, 0.2) is 48.5 Å². The lowest BCUT2D eigenvalue weighted by Crippen LogP contribution is -2.47. The first kappa shape index (κ1) is 95.9. The molecule has 0 spiro atoms. The molecule has 122 heavy (non-hydrogen) atoms. The molecule has 686 valence electrons. The number of hydrogen-bond donors (Lipinski definition) is 3. The Balaban J connectivity index is 0.000000149. The average Bonchev–Trinajstić information content (AvgIpc) is 0.852. The number of piperidine rings is 5. The van der Waals surface area contributed by atoms with Crippen molar-refractivity contribution in [3.05, 3.63) is 93.0 Å². The van der Waals surface area contributed by atoms with Gasteiger partial charge in [-0.3, -0.25) is 19.6 Å². The highest BCUT2D eigenvalue weighted by molar-refractivity contribution is 5.53. The molecule has 7 fully saturated rings. The zero-order valence-electron chi connectivity index (χ0n) is 79.2. The van der Waals surface area contributed by atoms with Crippen LogP contribution in [0.5, 0.6) is 46.0 Å². The number of hydrogen-bond acceptors (Lipinski definition) is 19. The van der Waals surface area contributed by atoms with Crippen LogP contribution in [0.4, 0.5) is 0 Å². The summed E-state index contributed by atoms with van der Waals surface area (Å²) in [4.78, 5) is 10.9. The van der Waals surface area contributed by atoms with Crippen LogP contribution in [-0.2, 0) is 44.6 Å². The first-order valence-electron chi connectivity index (χ1n) is 48.7. The monoisotopic (exact) mass is 1690 g/mol. The Labute approximate surface area is 738 Å². The molecule has 3 unspecified atom stereocenters. The number of fused-ring (bicyclic) bond motifs is 12. The lowest BCUT2D eigenvalue weighted by molar-refractivity contribution is -0.0116. The quantitative estimate of drug-likeness (QED) is 0.0369. The third-order valence-electron chi connectivity index (χ3n) is 29.8. The van der Waals surface area contributed by atoms with Gasteiger partial charge in [-0.2, -0.15) is 0 Å². The minimum atomic E-state index is 0.468. The molecule has 19 heteroatoms. The fourth-order valence-electron chi connectivity index (χ4n) is 23.3. The molecular weight excluding hydrogens is 1530 g/mol. The van der Waals surface area contributed by atoms with E-state index >= 15 is 0 Å². The molecule has 11 aliphatic heterocycles. The van der Waals surface area contributed by atoms with Crippen molar-refractivity contribution in [3.8, 4) is 46.0 Å². The van der Waals surface area contributed by atoms with Crippen LogP contribution in [-0.4, -0.2) is 220 Å². The zero-order valence-corrected chi connectivity index (χ0v) is 79.2. The van der Waals surface area contributed by atoms with Gasteiger partial charge in [-0.15, -0.1) is 0 Å². The van der Waals surface area contributed by atoms with Gasteiger partial charge >= 0.3 is 0 Å². The summed E-state index contributed by atoms with van der Waals surface area (Å²) in [5, 5.41) is 10.5. The summed E-state index contributed by atoms with van der Waals surface area (Å²) in [6.07, 6.45) is 27.0. The van der Waals surface area contributed by atoms with Gasteiger partial charge in [0.1, 0.15) is 0 Å². The maximum absolute atomic E-state index is 6.35. The SMILES string of the molecule is CCCCCCOCC1CC2c3cc(OC)c(OC)cc3CCN2CC1CC(C)C.COc1cc2c(cc1OC)[C@H]1C[C@@H](COCCC3CCNCC3)[C@H](CC(C)C)CN1CC2.COc1cc2c(cc1OC)[C@H]1C[C@@H](COC[C@@H]3CCCN3)[C@H](CC(C)C)CN1CC2.COc1cc2c(cc1OC)[C@H]1C[C@@H](COC[C@@H]3CCNC3)[C@H](CC(C)C)CN1CC2.